The molecule has 20 heteroatoms. The number of amides is 3. The number of sulfonamides is 2. The number of rotatable bonds is 29. The molecular formula is C57H81N7O9S4. The van der Waals surface area contributed by atoms with Crippen LogP contribution < -0.4 is 36.5 Å². The first-order valence-electron chi connectivity index (χ1n) is 27.0. The normalized spacial score (nSPS) is 15.7. The molecule has 2 atom stereocenters. The minimum absolute atomic E-state index is 0.213. The van der Waals surface area contributed by atoms with Crippen molar-refractivity contribution in [1.82, 2.24) is 29.9 Å². The fraction of sp³-hybridized carbons (Fsp3) is 0.491. The number of methoxy groups -OCH3 is 2. The third-order valence-corrected chi connectivity index (χ3v) is 20.1. The molecule has 0 radical (unpaired) electrons. The van der Waals surface area contributed by atoms with Crippen LogP contribution in [0.3, 0.4) is 0 Å². The van der Waals surface area contributed by atoms with Crippen molar-refractivity contribution in [2.24, 2.45) is 5.73 Å². The van der Waals surface area contributed by atoms with Gasteiger partial charge in [-0.1, -0.05) is 108 Å². The number of benzene rings is 3. The number of nitrogens with one attached hydrogen (secondary N) is 4. The number of unbranched alkanes of at least 4 members (excludes halogenated alkanes) is 10. The summed E-state index contributed by atoms with van der Waals surface area (Å²) in [6.45, 7) is 8.91. The lowest BCUT2D eigenvalue weighted by molar-refractivity contribution is 0.0943. The minimum Gasteiger partial charge on any atom is -0.497 e. The number of ether oxygens (including phenoxy) is 2. The van der Waals surface area contributed by atoms with Gasteiger partial charge in [0.25, 0.3) is 31.9 Å². The van der Waals surface area contributed by atoms with Crippen molar-refractivity contribution in [3.8, 4) is 11.5 Å². The van der Waals surface area contributed by atoms with Crippen molar-refractivity contribution in [3.63, 3.8) is 0 Å². The average molecular weight is 1140 g/mol. The first-order valence-corrected chi connectivity index (χ1v) is 31.5. The Labute approximate surface area is 466 Å². The Morgan fingerprint density at radius 1 is 0.545 bits per heavy atom. The Morgan fingerprint density at radius 3 is 1.38 bits per heavy atom. The average Bonchev–Trinajstić information content (AvgIpc) is 4.32. The number of hydrogen-bond acceptors (Lipinski definition) is 13. The van der Waals surface area contributed by atoms with Gasteiger partial charge in [0.15, 0.2) is 0 Å². The van der Waals surface area contributed by atoms with Crippen molar-refractivity contribution in [2.75, 3.05) is 53.5 Å². The van der Waals surface area contributed by atoms with Crippen LogP contribution >= 0.6 is 22.7 Å². The second-order valence-corrected chi connectivity index (χ2v) is 25.8. The smallest absolute Gasteiger partial charge is 0.252 e. The molecule has 7 rings (SSSR count). The van der Waals surface area contributed by atoms with Crippen LogP contribution in [0.5, 0.6) is 11.5 Å². The van der Waals surface area contributed by atoms with E-state index < -0.39 is 20.0 Å². The van der Waals surface area contributed by atoms with E-state index in [1.165, 1.54) is 80.5 Å². The topological polar surface area (TPSA) is 219 Å². The predicted octanol–water partition coefficient (Wildman–Crippen LogP) is 9.59. The highest BCUT2D eigenvalue weighted by Crippen LogP contribution is 2.29. The molecule has 6 N–H and O–H groups in total. The maximum absolute atomic E-state index is 13.2. The fourth-order valence-corrected chi connectivity index (χ4v) is 14.6. The van der Waals surface area contributed by atoms with E-state index in [2.05, 4.69) is 35.1 Å². The lowest BCUT2D eigenvalue weighted by Gasteiger charge is -2.16. The molecular weight excluding hydrogens is 1050 g/mol. The van der Waals surface area contributed by atoms with Gasteiger partial charge >= 0.3 is 0 Å². The molecule has 2 aliphatic rings. The first kappa shape index (κ1) is 62.7. The maximum Gasteiger partial charge on any atom is 0.252 e. The summed E-state index contributed by atoms with van der Waals surface area (Å²) >= 11 is 2.42. The molecule has 0 bridgehead atoms. The Kier molecular flexibility index (Phi) is 27.1. The largest absolute Gasteiger partial charge is 0.497 e. The molecule has 2 aliphatic heterocycles. The Balaban J connectivity index is 0.000000248. The zero-order valence-corrected chi connectivity index (χ0v) is 48.6. The van der Waals surface area contributed by atoms with E-state index in [1.807, 2.05) is 6.07 Å². The second-order valence-electron chi connectivity index (χ2n) is 19.1. The zero-order valence-electron chi connectivity index (χ0n) is 45.3. The molecule has 0 spiro atoms. The van der Waals surface area contributed by atoms with Crippen LogP contribution in [0.1, 0.15) is 145 Å². The highest BCUT2D eigenvalue weighted by atomic mass is 32.3. The summed E-state index contributed by atoms with van der Waals surface area (Å²) in [5, 5.41) is 12.7. The summed E-state index contributed by atoms with van der Waals surface area (Å²) in [4.78, 5) is 36.8. The molecule has 77 heavy (non-hydrogen) atoms. The van der Waals surface area contributed by atoms with E-state index in [9.17, 15) is 31.2 Å². The van der Waals surface area contributed by atoms with Crippen LogP contribution in [0.4, 0.5) is 0 Å². The van der Waals surface area contributed by atoms with Crippen molar-refractivity contribution in [2.45, 2.75) is 137 Å². The van der Waals surface area contributed by atoms with Gasteiger partial charge in [-0.25, -0.2) is 16.8 Å². The molecule has 422 valence electrons. The Hall–Kier alpha value is -5.19. The molecule has 2 saturated heterocycles. The van der Waals surface area contributed by atoms with Crippen molar-refractivity contribution in [1.29, 1.82) is 0 Å². The lowest BCUT2D eigenvalue weighted by atomic mass is 10.1. The van der Waals surface area contributed by atoms with E-state index >= 15 is 0 Å². The fourth-order valence-electron chi connectivity index (χ4n) is 8.74. The molecule has 3 aromatic carbocycles. The molecule has 5 aromatic rings. The second kappa shape index (κ2) is 33.3. The highest BCUT2D eigenvalue weighted by molar-refractivity contribution is 7.91. The third kappa shape index (κ3) is 20.8. The van der Waals surface area contributed by atoms with Crippen molar-refractivity contribution < 1.29 is 40.7 Å². The number of hydrogen-bond donors (Lipinski definition) is 5. The van der Waals surface area contributed by atoms with Crippen LogP contribution in [0.2, 0.25) is 0 Å². The van der Waals surface area contributed by atoms with E-state index in [4.69, 9.17) is 15.2 Å². The number of carbonyl (C=O) groups is 3. The standard InChI is InChI=1S/C29H45N3O4S2.C21H29N3O4S2.C7H7NO/c1-3-4-5-6-7-8-9-10-11-12-19-30-25-18-20-32(23-25)38(34,35)28-17-16-27(37-28)22-31-29(33)24-14-13-15-26(21-24)36-2;1-3-4-11-22-17-10-12-24(15-17)30(26,27)20-9-8-19(29-20)14-23-21(25)16-6-5-7-18(13-16)28-2;8-7(9)6-4-2-1-3-5-6/h13-17,21,25,30H,3-12,18-20,22-23H2,1-2H3,(H,31,33);5-9,13,17,22H,3-4,10-12,14-15H2,1-2H3,(H,23,25);1-5H,(H2,8,9). The zero-order chi connectivity index (χ0) is 55.5. The monoisotopic (exact) mass is 1140 g/mol. The molecule has 0 saturated carbocycles. The summed E-state index contributed by atoms with van der Waals surface area (Å²) < 4.78 is 66.4. The molecule has 2 unspecified atom stereocenters. The molecule has 4 heterocycles. The van der Waals surface area contributed by atoms with Crippen molar-refractivity contribution in [3.05, 3.63) is 130 Å². The summed E-state index contributed by atoms with van der Waals surface area (Å²) in [5.41, 5.74) is 6.53. The number of primary amides is 1. The van der Waals surface area contributed by atoms with Gasteiger partial charge in [0, 0.05) is 64.7 Å². The third-order valence-electron chi connectivity index (χ3n) is 13.3. The predicted molar refractivity (Wildman–Crippen MR) is 309 cm³/mol. The lowest BCUT2D eigenvalue weighted by Crippen LogP contribution is -2.35. The van der Waals surface area contributed by atoms with Gasteiger partial charge in [0.2, 0.25) is 5.91 Å². The molecule has 3 amide bonds. The van der Waals surface area contributed by atoms with Gasteiger partial charge < -0.3 is 36.5 Å². The van der Waals surface area contributed by atoms with Crippen LogP contribution in [-0.4, -0.2) is 109 Å². The SMILES string of the molecule is CCCCCCCCCCCCNC1CCN(S(=O)(=O)c2ccc(CNC(=O)c3cccc(OC)c3)s2)C1.CCCCNC1CCN(S(=O)(=O)c2ccc(CNC(=O)c3cccc(OC)c3)s2)C1.NC(=O)c1ccccc1. The van der Waals surface area contributed by atoms with Gasteiger partial charge in [-0.05, 0) is 112 Å². The van der Waals surface area contributed by atoms with E-state index in [0.29, 0.717) is 62.8 Å². The molecule has 2 aromatic heterocycles. The minimum atomic E-state index is -3.52. The first-order chi connectivity index (χ1) is 37.2. The molecule has 16 nitrogen and oxygen atoms in total. The number of carbonyl (C=O) groups excluding carboxylic acids is 3. The highest BCUT2D eigenvalue weighted by Gasteiger charge is 2.34. The van der Waals surface area contributed by atoms with E-state index in [1.54, 1.807) is 120 Å². The van der Waals surface area contributed by atoms with Crippen LogP contribution in [-0.2, 0) is 33.1 Å². The summed E-state index contributed by atoms with van der Waals surface area (Å²) in [6.07, 6.45) is 17.0. The molecule has 0 aliphatic carbocycles. The van der Waals surface area contributed by atoms with Crippen LogP contribution in [0, 0.1) is 0 Å². The van der Waals surface area contributed by atoms with Gasteiger partial charge in [0.05, 0.1) is 27.3 Å². The van der Waals surface area contributed by atoms with E-state index in [-0.39, 0.29) is 42.9 Å². The number of nitrogens with zero attached hydrogens (tertiary/aromatic N) is 2. The summed E-state index contributed by atoms with van der Waals surface area (Å²) in [7, 11) is -3.91. The van der Waals surface area contributed by atoms with Crippen LogP contribution in [0.25, 0.3) is 0 Å². The van der Waals surface area contributed by atoms with Gasteiger partial charge in [-0.3, -0.25) is 14.4 Å². The van der Waals surface area contributed by atoms with Crippen LogP contribution in [0.15, 0.2) is 112 Å². The Bertz CT molecular complexity index is 2790. The van der Waals surface area contributed by atoms with E-state index in [0.717, 1.165) is 54.9 Å². The summed E-state index contributed by atoms with van der Waals surface area (Å²) in [6, 6.07) is 29.8. The number of thiophene rings is 2. The quantitative estimate of drug-likeness (QED) is 0.0284. The van der Waals surface area contributed by atoms with Gasteiger partial charge in [0.1, 0.15) is 19.9 Å². The van der Waals surface area contributed by atoms with Crippen molar-refractivity contribution >= 4 is 60.4 Å². The Morgan fingerprint density at radius 2 is 0.961 bits per heavy atom. The van der Waals surface area contributed by atoms with Gasteiger partial charge in [-0.15, -0.1) is 22.7 Å². The van der Waals surface area contributed by atoms with Gasteiger partial charge in [-0.2, -0.15) is 8.61 Å². The summed E-state index contributed by atoms with van der Waals surface area (Å²) in [5.74, 6) is 0.393. The maximum atomic E-state index is 13.2. The number of nitrogens with two attached hydrogens (primary N) is 1. The molecule has 2 fully saturated rings.